The van der Waals surface area contributed by atoms with Crippen molar-refractivity contribution in [3.05, 3.63) is 69.1 Å². The van der Waals surface area contributed by atoms with E-state index < -0.39 is 24.6 Å². The van der Waals surface area contributed by atoms with E-state index in [1.807, 2.05) is 0 Å². The number of nitrogens with one attached hydrogen (secondary N) is 1. The summed E-state index contributed by atoms with van der Waals surface area (Å²) in [5.41, 5.74) is 0.0346. The fraction of sp³-hybridized carbons (Fsp3) is 0.500. The van der Waals surface area contributed by atoms with Crippen molar-refractivity contribution in [2.75, 3.05) is 44.6 Å². The first-order valence-corrected chi connectivity index (χ1v) is 15.3. The maximum absolute atomic E-state index is 12.4. The molecule has 0 aliphatic rings. The summed E-state index contributed by atoms with van der Waals surface area (Å²) >= 11 is 3.39. The predicted molar refractivity (Wildman–Crippen MR) is 174 cm³/mol. The molecule has 0 atom stereocenters. The number of pyridine rings is 2. The second-order valence-electron chi connectivity index (χ2n) is 9.12. The molecule has 0 aromatic carbocycles. The molecule has 0 spiro atoms. The van der Waals surface area contributed by atoms with Crippen molar-refractivity contribution in [3.8, 4) is 22.9 Å². The lowest BCUT2D eigenvalue weighted by Gasteiger charge is -2.18. The SMILES string of the molecule is Br.CCN(CC)CCBr.CCN(CC)CCn1ccc(-c2nnc(C(F)F)o2)cc1=O.O=c1cc(-c2nnc(C(F)F)o2)cc[nH]1. The lowest BCUT2D eigenvalue weighted by molar-refractivity contribution is 0.115. The Labute approximate surface area is 282 Å². The van der Waals surface area contributed by atoms with Crippen LogP contribution < -0.4 is 11.1 Å². The molecule has 0 saturated heterocycles. The molecule has 0 unspecified atom stereocenters. The molecule has 18 heteroatoms. The number of hydrogen-bond acceptors (Lipinski definition) is 10. The maximum atomic E-state index is 12.4. The minimum Gasteiger partial charge on any atom is -0.415 e. The molecule has 4 rings (SSSR count). The molecule has 0 saturated carbocycles. The monoisotopic (exact) mass is 784 g/mol. The minimum absolute atomic E-state index is 0. The first kappa shape index (κ1) is 40.8. The fourth-order valence-corrected chi connectivity index (χ4v) is 4.23. The molecule has 1 N–H and O–H groups in total. The van der Waals surface area contributed by atoms with Crippen LogP contribution in [0.2, 0.25) is 0 Å². The van der Waals surface area contributed by atoms with Gasteiger partial charge in [0.05, 0.1) is 0 Å². The Morgan fingerprint density at radius 3 is 1.70 bits per heavy atom. The first-order chi connectivity index (χ1) is 21.6. The summed E-state index contributed by atoms with van der Waals surface area (Å²) in [4.78, 5) is 29.9. The number of aromatic amines is 1. The van der Waals surface area contributed by atoms with E-state index in [2.05, 4.69) is 83.2 Å². The van der Waals surface area contributed by atoms with Crippen molar-refractivity contribution in [2.24, 2.45) is 0 Å². The molecule has 0 aliphatic heterocycles. The zero-order valence-electron chi connectivity index (χ0n) is 25.8. The van der Waals surface area contributed by atoms with E-state index in [1.54, 1.807) is 16.8 Å². The highest BCUT2D eigenvalue weighted by Crippen LogP contribution is 2.23. The molecule has 0 aliphatic carbocycles. The predicted octanol–water partition coefficient (Wildman–Crippen LogP) is 5.84. The van der Waals surface area contributed by atoms with Gasteiger partial charge in [0.1, 0.15) is 0 Å². The second-order valence-corrected chi connectivity index (χ2v) is 9.92. The van der Waals surface area contributed by atoms with E-state index >= 15 is 0 Å². The Morgan fingerprint density at radius 1 is 0.804 bits per heavy atom. The first-order valence-electron chi connectivity index (χ1n) is 14.2. The summed E-state index contributed by atoms with van der Waals surface area (Å²) in [6.45, 7) is 15.2. The summed E-state index contributed by atoms with van der Waals surface area (Å²) in [5, 5.41) is 14.4. The van der Waals surface area contributed by atoms with Crippen LogP contribution >= 0.6 is 32.9 Å². The third-order valence-electron chi connectivity index (χ3n) is 6.37. The van der Waals surface area contributed by atoms with Crippen LogP contribution in [0, 0.1) is 0 Å². The van der Waals surface area contributed by atoms with Crippen LogP contribution in [0.1, 0.15) is 52.3 Å². The number of likely N-dealkylation sites (N-methyl/N-ethyl adjacent to an activating group) is 1. The number of hydrogen-bond donors (Lipinski definition) is 1. The fourth-order valence-electron chi connectivity index (χ4n) is 3.73. The summed E-state index contributed by atoms with van der Waals surface area (Å²) < 4.78 is 60.1. The van der Waals surface area contributed by atoms with Crippen molar-refractivity contribution in [3.63, 3.8) is 0 Å². The van der Waals surface area contributed by atoms with Gasteiger partial charge in [-0.1, -0.05) is 43.6 Å². The van der Waals surface area contributed by atoms with Crippen molar-refractivity contribution >= 4 is 32.9 Å². The van der Waals surface area contributed by atoms with E-state index in [0.29, 0.717) is 17.7 Å². The van der Waals surface area contributed by atoms with E-state index in [4.69, 9.17) is 4.42 Å². The molecule has 4 heterocycles. The normalized spacial score (nSPS) is 10.9. The van der Waals surface area contributed by atoms with Gasteiger partial charge in [-0.25, -0.2) is 0 Å². The average Bonchev–Trinajstić information content (AvgIpc) is 3.73. The molecule has 12 nitrogen and oxygen atoms in total. The average molecular weight is 786 g/mol. The van der Waals surface area contributed by atoms with Crippen molar-refractivity contribution in [2.45, 2.75) is 47.1 Å². The van der Waals surface area contributed by atoms with Gasteiger partial charge in [-0.15, -0.1) is 37.4 Å². The standard InChI is InChI=1S/C14H18F2N4O2.C8H5F2N3O2.C6H14BrN.BrH/c1-3-19(4-2)7-8-20-6-5-10(9-11(20)21)13-17-18-14(22-13)12(15)16;9-6(10)8-13-12-7(15-8)4-1-2-11-5(14)3-4;1-3-8(4-2)6-5-7;/h5-6,9,12H,3-4,7-8H2,1-2H3;1-3,6H,(H,11,14);3-6H2,1-2H3;1H. The highest BCUT2D eigenvalue weighted by Gasteiger charge is 2.18. The Balaban J connectivity index is 0.000000381. The molecule has 0 amide bonds. The third-order valence-corrected chi connectivity index (χ3v) is 6.72. The highest BCUT2D eigenvalue weighted by molar-refractivity contribution is 9.09. The Morgan fingerprint density at radius 2 is 1.30 bits per heavy atom. The van der Waals surface area contributed by atoms with Crippen molar-refractivity contribution < 1.29 is 26.4 Å². The number of alkyl halides is 5. The van der Waals surface area contributed by atoms with Gasteiger partial charge < -0.3 is 28.2 Å². The lowest BCUT2D eigenvalue weighted by atomic mass is 10.2. The van der Waals surface area contributed by atoms with Crippen LogP contribution in [-0.2, 0) is 6.54 Å². The molecule has 4 aromatic rings. The van der Waals surface area contributed by atoms with Crippen LogP contribution in [0.15, 0.2) is 55.1 Å². The van der Waals surface area contributed by atoms with Gasteiger partial charge in [-0.05, 0) is 38.3 Å². The van der Waals surface area contributed by atoms with Gasteiger partial charge in [0.15, 0.2) is 0 Å². The Hall–Kier alpha value is -3.22. The van der Waals surface area contributed by atoms with E-state index in [1.165, 1.54) is 44.0 Å². The van der Waals surface area contributed by atoms with Crippen molar-refractivity contribution in [1.29, 1.82) is 0 Å². The second kappa shape index (κ2) is 21.6. The molecule has 0 radical (unpaired) electrons. The highest BCUT2D eigenvalue weighted by atomic mass is 79.9. The molecular formula is C28H38Br2F4N8O4. The number of halogens is 6. The van der Waals surface area contributed by atoms with Gasteiger partial charge in [-0.3, -0.25) is 9.59 Å². The van der Waals surface area contributed by atoms with Crippen molar-refractivity contribution in [1.82, 2.24) is 39.7 Å². The van der Waals surface area contributed by atoms with Crippen LogP contribution in [0.25, 0.3) is 22.9 Å². The van der Waals surface area contributed by atoms with E-state index in [-0.39, 0.29) is 39.9 Å². The molecule has 0 bridgehead atoms. The lowest BCUT2D eigenvalue weighted by Crippen LogP contribution is -2.30. The minimum atomic E-state index is -2.82. The summed E-state index contributed by atoms with van der Waals surface area (Å²) in [5.74, 6) is -1.69. The van der Waals surface area contributed by atoms with Crippen LogP contribution in [0.4, 0.5) is 17.6 Å². The van der Waals surface area contributed by atoms with Gasteiger partial charge >= 0.3 is 12.9 Å². The van der Waals surface area contributed by atoms with Crippen LogP contribution in [0.5, 0.6) is 0 Å². The largest absolute Gasteiger partial charge is 0.415 e. The smallest absolute Gasteiger partial charge is 0.314 e. The van der Waals surface area contributed by atoms with Crippen LogP contribution in [-0.4, -0.2) is 84.3 Å². The molecule has 0 fully saturated rings. The molecule has 256 valence electrons. The summed E-state index contributed by atoms with van der Waals surface area (Å²) in [7, 11) is 0. The summed E-state index contributed by atoms with van der Waals surface area (Å²) in [6.07, 6.45) is -2.67. The zero-order valence-corrected chi connectivity index (χ0v) is 29.1. The number of aromatic nitrogens is 6. The van der Waals surface area contributed by atoms with Gasteiger partial charge in [0.25, 0.3) is 17.3 Å². The zero-order chi connectivity index (χ0) is 33.4. The molecular weight excluding hydrogens is 748 g/mol. The summed E-state index contributed by atoms with van der Waals surface area (Å²) in [6, 6.07) is 5.57. The van der Waals surface area contributed by atoms with Gasteiger partial charge in [-0.2, -0.15) is 17.6 Å². The van der Waals surface area contributed by atoms with Crippen LogP contribution in [0.3, 0.4) is 0 Å². The van der Waals surface area contributed by atoms with E-state index in [9.17, 15) is 27.2 Å². The number of nitrogens with zero attached hydrogens (tertiary/aromatic N) is 7. The third kappa shape index (κ3) is 13.3. The Bertz CT molecular complexity index is 1530. The number of rotatable bonds is 13. The topological polar surface area (TPSA) is 139 Å². The molecule has 4 aromatic heterocycles. The molecule has 46 heavy (non-hydrogen) atoms. The maximum Gasteiger partial charge on any atom is 0.314 e. The van der Waals surface area contributed by atoms with E-state index in [0.717, 1.165) is 25.0 Å². The van der Waals surface area contributed by atoms with Gasteiger partial charge in [0, 0.05) is 60.6 Å². The van der Waals surface area contributed by atoms with Gasteiger partial charge in [0.2, 0.25) is 17.3 Å². The quantitative estimate of drug-likeness (QED) is 0.130. The Kier molecular flexibility index (Phi) is 19.1. The number of H-pyrrole nitrogens is 1.